The number of nitrogens with zero attached hydrogens (tertiary/aromatic N) is 3. The highest BCUT2D eigenvalue weighted by Gasteiger charge is 2.21. The molecule has 0 spiro atoms. The number of thiophene rings is 1. The molecule has 0 saturated heterocycles. The van der Waals surface area contributed by atoms with E-state index in [0.717, 1.165) is 59.8 Å². The topological polar surface area (TPSA) is 43.9 Å². The van der Waals surface area contributed by atoms with Crippen molar-refractivity contribution in [1.82, 2.24) is 14.5 Å². The van der Waals surface area contributed by atoms with Crippen LogP contribution in [0.2, 0.25) is 0 Å². The lowest BCUT2D eigenvalue weighted by Gasteiger charge is -2.10. The van der Waals surface area contributed by atoms with E-state index in [-0.39, 0.29) is 0 Å². The number of para-hydroxylation sites is 2. The SMILES string of the molecule is c1ccc2c(c1)ccc1c2c2ccccc2n1-c1nc(-c2ccc3oc4ccccc4c3c2)c2sc3ccccc3c2n1. The fourth-order valence-corrected chi connectivity index (χ4v) is 7.86. The molecule has 200 valence electrons. The second-order valence-corrected chi connectivity index (χ2v) is 12.0. The molecule has 6 aromatic carbocycles. The second-order valence-electron chi connectivity index (χ2n) is 11.0. The molecular formula is C38H21N3OS. The van der Waals surface area contributed by atoms with E-state index >= 15 is 0 Å². The van der Waals surface area contributed by atoms with Crippen LogP contribution in [0.15, 0.2) is 132 Å². The molecule has 0 aliphatic heterocycles. The van der Waals surface area contributed by atoms with Crippen molar-refractivity contribution in [3.63, 3.8) is 0 Å². The Morgan fingerprint density at radius 3 is 2.23 bits per heavy atom. The fraction of sp³-hybridized carbons (Fsp3) is 0. The Morgan fingerprint density at radius 2 is 1.30 bits per heavy atom. The summed E-state index contributed by atoms with van der Waals surface area (Å²) in [5.41, 5.74) is 6.91. The number of fused-ring (bicyclic) bond motifs is 11. The quantitative estimate of drug-likeness (QED) is 0.209. The fourth-order valence-electron chi connectivity index (χ4n) is 6.70. The molecule has 0 saturated carbocycles. The highest BCUT2D eigenvalue weighted by molar-refractivity contribution is 7.26. The summed E-state index contributed by atoms with van der Waals surface area (Å²) >= 11 is 1.75. The van der Waals surface area contributed by atoms with Crippen LogP contribution in [0.5, 0.6) is 0 Å². The average molecular weight is 568 g/mol. The van der Waals surface area contributed by atoms with Crippen LogP contribution in [0.3, 0.4) is 0 Å². The molecule has 0 N–H and O–H groups in total. The molecule has 10 rings (SSSR count). The van der Waals surface area contributed by atoms with Crippen molar-refractivity contribution in [2.45, 2.75) is 0 Å². The van der Waals surface area contributed by atoms with Crippen LogP contribution < -0.4 is 0 Å². The number of benzene rings is 6. The zero-order valence-corrected chi connectivity index (χ0v) is 23.6. The third kappa shape index (κ3) is 3.20. The van der Waals surface area contributed by atoms with Crippen molar-refractivity contribution in [2.75, 3.05) is 0 Å². The van der Waals surface area contributed by atoms with Crippen molar-refractivity contribution in [3.8, 4) is 17.2 Å². The largest absolute Gasteiger partial charge is 0.456 e. The van der Waals surface area contributed by atoms with E-state index in [1.807, 2.05) is 12.1 Å². The predicted octanol–water partition coefficient (Wildman–Crippen LogP) is 10.7. The van der Waals surface area contributed by atoms with Gasteiger partial charge in [0.05, 0.1) is 26.9 Å². The molecule has 0 atom stereocenters. The molecule has 43 heavy (non-hydrogen) atoms. The standard InChI is InChI=1S/C38H21N3OS/c1-2-10-24-22(9-1)17-19-30-34(24)26-12-3-6-14-29(26)41(30)38-39-35(37-36(40-38)27-13-5-8-16-33(27)43-37)23-18-20-32-28(21-23)25-11-4-7-15-31(25)42-32/h1-21H. The summed E-state index contributed by atoms with van der Waals surface area (Å²) in [6.45, 7) is 0. The van der Waals surface area contributed by atoms with Crippen LogP contribution in [-0.4, -0.2) is 14.5 Å². The van der Waals surface area contributed by atoms with Crippen molar-refractivity contribution in [3.05, 3.63) is 127 Å². The molecule has 0 radical (unpaired) electrons. The number of aromatic nitrogens is 3. The van der Waals surface area contributed by atoms with Gasteiger partial charge in [-0.25, -0.2) is 9.97 Å². The minimum atomic E-state index is 0.671. The summed E-state index contributed by atoms with van der Waals surface area (Å²) in [4.78, 5) is 10.7. The van der Waals surface area contributed by atoms with Gasteiger partial charge in [0.1, 0.15) is 11.2 Å². The van der Waals surface area contributed by atoms with Crippen molar-refractivity contribution in [1.29, 1.82) is 0 Å². The maximum atomic E-state index is 6.16. The van der Waals surface area contributed by atoms with Crippen LogP contribution in [0.4, 0.5) is 0 Å². The minimum Gasteiger partial charge on any atom is -0.456 e. The second kappa shape index (κ2) is 8.51. The van der Waals surface area contributed by atoms with Crippen molar-refractivity contribution < 1.29 is 4.42 Å². The molecule has 0 amide bonds. The summed E-state index contributed by atoms with van der Waals surface area (Å²) < 4.78 is 10.7. The van der Waals surface area contributed by atoms with E-state index in [0.29, 0.717) is 5.95 Å². The molecule has 0 bridgehead atoms. The van der Waals surface area contributed by atoms with Crippen LogP contribution >= 0.6 is 11.3 Å². The third-order valence-electron chi connectivity index (χ3n) is 8.62. The van der Waals surface area contributed by atoms with E-state index in [2.05, 4.69) is 120 Å². The van der Waals surface area contributed by atoms with Crippen molar-refractivity contribution in [2.24, 2.45) is 0 Å². The minimum absolute atomic E-state index is 0.671. The zero-order chi connectivity index (χ0) is 28.1. The summed E-state index contributed by atoms with van der Waals surface area (Å²) in [6, 6.07) is 44.7. The Balaban J connectivity index is 1.34. The molecular weight excluding hydrogens is 547 g/mol. The lowest BCUT2D eigenvalue weighted by Crippen LogP contribution is -2.02. The Hall–Kier alpha value is -5.52. The van der Waals surface area contributed by atoms with Crippen LogP contribution in [0.25, 0.3) is 92.0 Å². The maximum Gasteiger partial charge on any atom is 0.235 e. The lowest BCUT2D eigenvalue weighted by atomic mass is 10.0. The predicted molar refractivity (Wildman–Crippen MR) is 179 cm³/mol. The van der Waals surface area contributed by atoms with E-state index in [1.54, 1.807) is 11.3 Å². The Morgan fingerprint density at radius 1 is 0.558 bits per heavy atom. The summed E-state index contributed by atoms with van der Waals surface area (Å²) in [5, 5.41) is 8.21. The van der Waals surface area contributed by atoms with E-state index in [1.165, 1.54) is 26.2 Å². The molecule has 4 heterocycles. The molecule has 0 aliphatic carbocycles. The zero-order valence-electron chi connectivity index (χ0n) is 22.8. The van der Waals surface area contributed by atoms with Crippen LogP contribution in [0, 0.1) is 0 Å². The Labute approximate surface area is 249 Å². The first-order valence-corrected chi connectivity index (χ1v) is 15.2. The van der Waals surface area contributed by atoms with Gasteiger partial charge in [0.2, 0.25) is 5.95 Å². The van der Waals surface area contributed by atoms with Gasteiger partial charge in [0.25, 0.3) is 0 Å². The van der Waals surface area contributed by atoms with Gasteiger partial charge in [-0.15, -0.1) is 11.3 Å². The van der Waals surface area contributed by atoms with Gasteiger partial charge in [-0.3, -0.25) is 4.57 Å². The van der Waals surface area contributed by atoms with Gasteiger partial charge in [-0.2, -0.15) is 0 Å². The van der Waals surface area contributed by atoms with Crippen LogP contribution in [-0.2, 0) is 0 Å². The summed E-state index contributed by atoms with van der Waals surface area (Å²) in [6.07, 6.45) is 0. The monoisotopic (exact) mass is 567 g/mol. The highest BCUT2D eigenvalue weighted by Crippen LogP contribution is 2.42. The van der Waals surface area contributed by atoms with Gasteiger partial charge in [-0.1, -0.05) is 84.9 Å². The Kier molecular flexibility index (Phi) is 4.57. The number of furan rings is 1. The Bertz CT molecular complexity index is 2750. The normalized spacial score (nSPS) is 12.2. The molecule has 0 aliphatic rings. The molecule has 4 aromatic heterocycles. The maximum absolute atomic E-state index is 6.16. The van der Waals surface area contributed by atoms with Gasteiger partial charge >= 0.3 is 0 Å². The van der Waals surface area contributed by atoms with E-state index < -0.39 is 0 Å². The summed E-state index contributed by atoms with van der Waals surface area (Å²) in [7, 11) is 0. The first kappa shape index (κ1) is 23.1. The number of hydrogen-bond acceptors (Lipinski definition) is 4. The van der Waals surface area contributed by atoms with Gasteiger partial charge < -0.3 is 4.42 Å². The van der Waals surface area contributed by atoms with E-state index in [9.17, 15) is 0 Å². The number of hydrogen-bond donors (Lipinski definition) is 0. The van der Waals surface area contributed by atoms with Crippen LogP contribution in [0.1, 0.15) is 0 Å². The van der Waals surface area contributed by atoms with Gasteiger partial charge in [-0.05, 0) is 53.2 Å². The van der Waals surface area contributed by atoms with E-state index in [4.69, 9.17) is 14.4 Å². The summed E-state index contributed by atoms with van der Waals surface area (Å²) in [5.74, 6) is 0.671. The lowest BCUT2D eigenvalue weighted by molar-refractivity contribution is 0.669. The molecule has 4 nitrogen and oxygen atoms in total. The van der Waals surface area contributed by atoms with Gasteiger partial charge in [0, 0.05) is 37.2 Å². The van der Waals surface area contributed by atoms with Crippen molar-refractivity contribution >= 4 is 86.2 Å². The molecule has 0 fully saturated rings. The third-order valence-corrected chi connectivity index (χ3v) is 9.79. The first-order chi connectivity index (χ1) is 21.3. The number of rotatable bonds is 2. The molecule has 5 heteroatoms. The average Bonchev–Trinajstić information content (AvgIpc) is 3.73. The van der Waals surface area contributed by atoms with Gasteiger partial charge in [0.15, 0.2) is 0 Å². The molecule has 0 unspecified atom stereocenters. The first-order valence-electron chi connectivity index (χ1n) is 14.3. The highest BCUT2D eigenvalue weighted by atomic mass is 32.1. The molecule has 10 aromatic rings. The smallest absolute Gasteiger partial charge is 0.235 e.